The first kappa shape index (κ1) is 14.1. The van der Waals surface area contributed by atoms with Crippen molar-refractivity contribution in [2.24, 2.45) is 0 Å². The van der Waals surface area contributed by atoms with Crippen molar-refractivity contribution in [3.05, 3.63) is 72.3 Å². The predicted molar refractivity (Wildman–Crippen MR) is 91.2 cm³/mol. The van der Waals surface area contributed by atoms with E-state index in [1.807, 2.05) is 36.4 Å². The molecule has 0 radical (unpaired) electrons. The Morgan fingerprint density at radius 2 is 1.54 bits per heavy atom. The van der Waals surface area contributed by atoms with E-state index in [-0.39, 0.29) is 5.56 Å². The first-order valence-corrected chi connectivity index (χ1v) is 7.43. The van der Waals surface area contributed by atoms with E-state index in [0.717, 1.165) is 15.7 Å². The maximum absolute atomic E-state index is 12.6. The zero-order valence-electron chi connectivity index (χ0n) is 12.5. The second-order valence-electron chi connectivity index (χ2n) is 5.44. The number of carbonyl (C=O) groups excluding carboxylic acids is 3. The first-order chi connectivity index (χ1) is 11.7. The standard InChI is InChI=1S/C19H12N2O3/c22-17-14-9-3-4-11-16(14)21(18(17)23)19(24)20-15-10-5-7-12-6-1-2-8-13(12)15/h1-11H,(H,20,24). The van der Waals surface area contributed by atoms with Gasteiger partial charge in [0, 0.05) is 5.39 Å². The number of imide groups is 1. The summed E-state index contributed by atoms with van der Waals surface area (Å²) in [6.07, 6.45) is 0. The zero-order valence-corrected chi connectivity index (χ0v) is 12.5. The van der Waals surface area contributed by atoms with Gasteiger partial charge in [0.1, 0.15) is 0 Å². The Morgan fingerprint density at radius 3 is 2.42 bits per heavy atom. The van der Waals surface area contributed by atoms with Gasteiger partial charge in [-0.2, -0.15) is 0 Å². The van der Waals surface area contributed by atoms with Gasteiger partial charge in [-0.25, -0.2) is 9.69 Å². The number of fused-ring (bicyclic) bond motifs is 2. The highest BCUT2D eigenvalue weighted by Gasteiger charge is 2.39. The average molecular weight is 316 g/mol. The van der Waals surface area contributed by atoms with Crippen LogP contribution in [0.2, 0.25) is 0 Å². The summed E-state index contributed by atoms with van der Waals surface area (Å²) in [5.41, 5.74) is 1.14. The van der Waals surface area contributed by atoms with Crippen LogP contribution in [0.3, 0.4) is 0 Å². The lowest BCUT2D eigenvalue weighted by molar-refractivity contribution is -0.113. The molecule has 1 N–H and O–H groups in total. The lowest BCUT2D eigenvalue weighted by Crippen LogP contribution is -2.39. The molecular formula is C19H12N2O3. The molecule has 0 atom stereocenters. The highest BCUT2D eigenvalue weighted by molar-refractivity contribution is 6.56. The fourth-order valence-corrected chi connectivity index (χ4v) is 2.89. The number of para-hydroxylation sites is 1. The summed E-state index contributed by atoms with van der Waals surface area (Å²) in [5, 5.41) is 4.57. The molecule has 3 amide bonds. The molecule has 0 spiro atoms. The molecule has 24 heavy (non-hydrogen) atoms. The number of nitrogens with zero attached hydrogens (tertiary/aromatic N) is 1. The third kappa shape index (κ3) is 2.06. The van der Waals surface area contributed by atoms with E-state index in [4.69, 9.17) is 0 Å². The minimum atomic E-state index is -0.839. The second-order valence-corrected chi connectivity index (χ2v) is 5.44. The molecule has 0 unspecified atom stereocenters. The summed E-state index contributed by atoms with van der Waals surface area (Å²) in [4.78, 5) is 37.7. The Kier molecular flexibility index (Phi) is 3.13. The molecule has 1 aliphatic rings. The van der Waals surface area contributed by atoms with E-state index in [1.54, 1.807) is 30.3 Å². The van der Waals surface area contributed by atoms with E-state index >= 15 is 0 Å². The molecule has 0 fully saturated rings. The number of anilines is 2. The Labute approximate surface area is 137 Å². The molecule has 0 aliphatic carbocycles. The normalized spacial score (nSPS) is 13.2. The maximum atomic E-state index is 12.6. The van der Waals surface area contributed by atoms with Crippen molar-refractivity contribution < 1.29 is 14.4 Å². The van der Waals surface area contributed by atoms with Crippen molar-refractivity contribution in [3.8, 4) is 0 Å². The van der Waals surface area contributed by atoms with Crippen LogP contribution in [0.1, 0.15) is 10.4 Å². The van der Waals surface area contributed by atoms with Crippen LogP contribution in [0.4, 0.5) is 16.2 Å². The minimum absolute atomic E-state index is 0.246. The number of amides is 3. The van der Waals surface area contributed by atoms with E-state index in [0.29, 0.717) is 11.4 Å². The first-order valence-electron chi connectivity index (χ1n) is 7.43. The van der Waals surface area contributed by atoms with Gasteiger partial charge in [-0.05, 0) is 23.6 Å². The largest absolute Gasteiger partial charge is 0.333 e. The van der Waals surface area contributed by atoms with Crippen molar-refractivity contribution in [1.29, 1.82) is 0 Å². The Bertz CT molecular complexity index is 1000. The van der Waals surface area contributed by atoms with Gasteiger partial charge in [-0.15, -0.1) is 0 Å². The van der Waals surface area contributed by atoms with E-state index in [9.17, 15) is 14.4 Å². The van der Waals surface area contributed by atoms with Gasteiger partial charge in [0.15, 0.2) is 0 Å². The van der Waals surface area contributed by atoms with E-state index in [2.05, 4.69) is 5.32 Å². The number of Topliss-reactive ketones (excluding diaryl/α,β-unsaturated/α-hetero) is 1. The zero-order chi connectivity index (χ0) is 16.7. The quantitative estimate of drug-likeness (QED) is 0.698. The molecular weight excluding hydrogens is 304 g/mol. The molecule has 0 saturated carbocycles. The number of benzene rings is 3. The van der Waals surface area contributed by atoms with Crippen LogP contribution in [0, 0.1) is 0 Å². The van der Waals surface area contributed by atoms with Gasteiger partial charge in [-0.1, -0.05) is 48.5 Å². The summed E-state index contributed by atoms with van der Waals surface area (Å²) in [6, 6.07) is 18.9. The topological polar surface area (TPSA) is 66.5 Å². The van der Waals surface area contributed by atoms with Gasteiger partial charge < -0.3 is 5.32 Å². The summed E-state index contributed by atoms with van der Waals surface area (Å²) < 4.78 is 0. The SMILES string of the molecule is O=C1C(=O)N(C(=O)Nc2cccc3ccccc23)c2ccccc21. The lowest BCUT2D eigenvalue weighted by Gasteiger charge is -2.16. The van der Waals surface area contributed by atoms with Gasteiger partial charge in [0.25, 0.3) is 5.78 Å². The molecule has 0 saturated heterocycles. The van der Waals surface area contributed by atoms with Gasteiger partial charge >= 0.3 is 11.9 Å². The monoisotopic (exact) mass is 316 g/mol. The van der Waals surface area contributed by atoms with Crippen molar-refractivity contribution in [2.75, 3.05) is 10.2 Å². The Balaban J connectivity index is 1.72. The average Bonchev–Trinajstić information content (AvgIpc) is 2.87. The van der Waals surface area contributed by atoms with Crippen LogP contribution in [0.5, 0.6) is 0 Å². The number of carbonyl (C=O) groups is 3. The number of nitrogens with one attached hydrogen (secondary N) is 1. The summed E-state index contributed by atoms with van der Waals surface area (Å²) in [6.45, 7) is 0. The number of rotatable bonds is 1. The molecule has 1 heterocycles. The van der Waals surface area contributed by atoms with Crippen molar-refractivity contribution in [3.63, 3.8) is 0 Å². The molecule has 3 aromatic carbocycles. The molecule has 5 heteroatoms. The molecule has 116 valence electrons. The lowest BCUT2D eigenvalue weighted by atomic mass is 10.1. The van der Waals surface area contributed by atoms with Crippen LogP contribution in [0.25, 0.3) is 10.8 Å². The van der Waals surface area contributed by atoms with Crippen LogP contribution < -0.4 is 10.2 Å². The third-order valence-electron chi connectivity index (χ3n) is 4.02. The fourth-order valence-electron chi connectivity index (χ4n) is 2.89. The van der Waals surface area contributed by atoms with Crippen molar-refractivity contribution in [1.82, 2.24) is 0 Å². The number of hydrogen-bond acceptors (Lipinski definition) is 3. The molecule has 5 nitrogen and oxygen atoms in total. The summed E-state index contributed by atoms with van der Waals surface area (Å²) in [7, 11) is 0. The fraction of sp³-hybridized carbons (Fsp3) is 0. The van der Waals surface area contributed by atoms with Gasteiger partial charge in [-0.3, -0.25) is 9.59 Å². The van der Waals surface area contributed by atoms with Crippen molar-refractivity contribution in [2.45, 2.75) is 0 Å². The summed E-state index contributed by atoms with van der Waals surface area (Å²) >= 11 is 0. The number of hydrogen-bond donors (Lipinski definition) is 1. The molecule has 0 bridgehead atoms. The van der Waals surface area contributed by atoms with Gasteiger partial charge in [0.05, 0.1) is 16.9 Å². The maximum Gasteiger partial charge on any atom is 0.333 e. The molecule has 3 aromatic rings. The van der Waals surface area contributed by atoms with Crippen LogP contribution in [0.15, 0.2) is 66.7 Å². The minimum Gasteiger partial charge on any atom is -0.307 e. The second kappa shape index (κ2) is 5.31. The predicted octanol–water partition coefficient (Wildman–Crippen LogP) is 3.60. The molecule has 4 rings (SSSR count). The molecule has 1 aliphatic heterocycles. The number of urea groups is 1. The smallest absolute Gasteiger partial charge is 0.307 e. The van der Waals surface area contributed by atoms with Crippen LogP contribution >= 0.6 is 0 Å². The van der Waals surface area contributed by atoms with E-state index in [1.165, 1.54) is 0 Å². The summed E-state index contributed by atoms with van der Waals surface area (Å²) in [5.74, 6) is -1.51. The number of ketones is 1. The van der Waals surface area contributed by atoms with Crippen LogP contribution in [-0.4, -0.2) is 17.7 Å². The Morgan fingerprint density at radius 1 is 0.833 bits per heavy atom. The van der Waals surface area contributed by atoms with Crippen LogP contribution in [-0.2, 0) is 4.79 Å². The highest BCUT2D eigenvalue weighted by atomic mass is 16.2. The van der Waals surface area contributed by atoms with E-state index < -0.39 is 17.7 Å². The Hall–Kier alpha value is -3.47. The van der Waals surface area contributed by atoms with Crippen molar-refractivity contribution >= 4 is 39.9 Å². The molecule has 0 aromatic heterocycles. The van der Waals surface area contributed by atoms with Gasteiger partial charge in [0.2, 0.25) is 0 Å². The highest BCUT2D eigenvalue weighted by Crippen LogP contribution is 2.30. The third-order valence-corrected chi connectivity index (χ3v) is 4.02.